The predicted molar refractivity (Wildman–Crippen MR) is 148 cm³/mol. The van der Waals surface area contributed by atoms with Gasteiger partial charge in [0.25, 0.3) is 15.9 Å². The molecule has 1 aromatic heterocycles. The molecule has 10 nitrogen and oxygen atoms in total. The van der Waals surface area contributed by atoms with Crippen LogP contribution in [0.4, 0.5) is 5.69 Å². The zero-order valence-electron chi connectivity index (χ0n) is 21.7. The highest BCUT2D eigenvalue weighted by atomic mass is 35.5. The summed E-state index contributed by atoms with van der Waals surface area (Å²) in [6.45, 7) is 2.00. The van der Waals surface area contributed by atoms with Crippen molar-refractivity contribution in [3.63, 3.8) is 0 Å². The molecule has 3 aliphatic rings. The van der Waals surface area contributed by atoms with Crippen LogP contribution in [0.2, 0.25) is 5.02 Å². The Morgan fingerprint density at radius 3 is 2.72 bits per heavy atom. The molecule has 1 unspecified atom stereocenters. The van der Waals surface area contributed by atoms with E-state index in [1.54, 1.807) is 32.3 Å². The number of methoxy groups -OCH3 is 1. The average Bonchev–Trinajstić information content (AvgIpc) is 3.71. The second-order valence-electron chi connectivity index (χ2n) is 9.87. The van der Waals surface area contributed by atoms with Crippen molar-refractivity contribution in [2.45, 2.75) is 37.1 Å². The molecule has 1 fully saturated rings. The highest BCUT2D eigenvalue weighted by Gasteiger charge is 2.51. The van der Waals surface area contributed by atoms with Gasteiger partial charge in [-0.25, -0.2) is 13.4 Å². The lowest BCUT2D eigenvalue weighted by Crippen LogP contribution is -2.45. The number of benzene rings is 1. The van der Waals surface area contributed by atoms with Crippen molar-refractivity contribution in [3.05, 3.63) is 64.3 Å². The van der Waals surface area contributed by atoms with Crippen molar-refractivity contribution < 1.29 is 22.7 Å². The molecule has 0 saturated heterocycles. The number of sulfonamides is 1. The van der Waals surface area contributed by atoms with Crippen molar-refractivity contribution in [3.8, 4) is 5.88 Å². The first-order valence-electron chi connectivity index (χ1n) is 12.4. The van der Waals surface area contributed by atoms with E-state index in [-0.39, 0.29) is 40.9 Å². The summed E-state index contributed by atoms with van der Waals surface area (Å²) in [5.41, 5.74) is 2.04. The summed E-state index contributed by atoms with van der Waals surface area (Å²) in [4.78, 5) is 36.1. The van der Waals surface area contributed by atoms with Gasteiger partial charge in [0.1, 0.15) is 5.69 Å². The number of ether oxygens (including phenoxy) is 1. The Bertz CT molecular complexity index is 1560. The number of anilines is 1. The van der Waals surface area contributed by atoms with Crippen LogP contribution in [0, 0.1) is 12.3 Å². The topological polar surface area (TPSA) is 130 Å². The molecule has 5 rings (SSSR count). The minimum Gasteiger partial charge on any atom is -0.480 e. The summed E-state index contributed by atoms with van der Waals surface area (Å²) in [5.74, 6) is -0.170. The molecule has 39 heavy (non-hydrogen) atoms. The first-order chi connectivity index (χ1) is 18.6. The number of nitrogens with zero attached hydrogens (tertiary/aromatic N) is 3. The number of aliphatic imine (C=N–C) groups is 1. The van der Waals surface area contributed by atoms with Gasteiger partial charge in [-0.2, -0.15) is 0 Å². The summed E-state index contributed by atoms with van der Waals surface area (Å²) in [7, 11) is -0.968. The van der Waals surface area contributed by atoms with Gasteiger partial charge in [0.15, 0.2) is 0 Å². The normalized spacial score (nSPS) is 19.5. The Morgan fingerprint density at radius 1 is 1.28 bits per heavy atom. The number of hydrogen-bond acceptors (Lipinski definition) is 7. The summed E-state index contributed by atoms with van der Waals surface area (Å²) in [5, 5.41) is 3.15. The Labute approximate surface area is 231 Å². The zero-order valence-corrected chi connectivity index (χ0v) is 23.3. The molecule has 2 amide bonds. The van der Waals surface area contributed by atoms with Gasteiger partial charge in [0.2, 0.25) is 11.8 Å². The van der Waals surface area contributed by atoms with Gasteiger partial charge in [-0.15, -0.1) is 0 Å². The number of fused-ring (bicyclic) bond motifs is 1. The van der Waals surface area contributed by atoms with Crippen LogP contribution in [0.3, 0.4) is 0 Å². The van der Waals surface area contributed by atoms with Crippen LogP contribution in [-0.4, -0.2) is 63.2 Å². The molecule has 204 valence electrons. The first kappa shape index (κ1) is 26.9. The molecule has 12 heteroatoms. The summed E-state index contributed by atoms with van der Waals surface area (Å²) < 4.78 is 34.1. The molecule has 1 atom stereocenters. The number of pyridine rings is 1. The van der Waals surface area contributed by atoms with Gasteiger partial charge in [-0.3, -0.25) is 24.2 Å². The Balaban J connectivity index is 1.41. The molecule has 0 spiro atoms. The maximum atomic E-state index is 13.4. The van der Waals surface area contributed by atoms with E-state index < -0.39 is 15.4 Å². The van der Waals surface area contributed by atoms with E-state index in [0.717, 1.165) is 12.8 Å². The number of carbonyl (C=O) groups is 2. The fourth-order valence-electron chi connectivity index (χ4n) is 4.76. The van der Waals surface area contributed by atoms with Crippen LogP contribution in [-0.2, 0) is 19.6 Å². The maximum absolute atomic E-state index is 13.4. The standard InChI is InChI=1S/C27H28ClN5O5S/c1-16-10-19(5-6-21(16)28)39(36,37)32-23-12-18(13-30-24(23)38-3)17-4-7-22-20(11-17)25(34)33(15-31-22)14-27(8-9-27)26(35)29-2/h4-6,10-13,15,22,32H,7-9,14H2,1-3H3,(H,29,35). The minimum absolute atomic E-state index is 0.0506. The van der Waals surface area contributed by atoms with E-state index in [2.05, 4.69) is 20.0 Å². The van der Waals surface area contributed by atoms with Crippen LogP contribution in [0.15, 0.2) is 58.1 Å². The Hall–Kier alpha value is -3.70. The second kappa shape index (κ2) is 10.1. The van der Waals surface area contributed by atoms with Crippen molar-refractivity contribution in [2.75, 3.05) is 25.4 Å². The first-order valence-corrected chi connectivity index (χ1v) is 14.2. The number of aromatic nitrogens is 1. The number of halogens is 1. The highest BCUT2D eigenvalue weighted by molar-refractivity contribution is 7.92. The van der Waals surface area contributed by atoms with Gasteiger partial charge in [-0.05, 0) is 67.7 Å². The van der Waals surface area contributed by atoms with E-state index >= 15 is 0 Å². The highest BCUT2D eigenvalue weighted by Crippen LogP contribution is 2.47. The third kappa shape index (κ3) is 5.16. The smallest absolute Gasteiger partial charge is 0.262 e. The van der Waals surface area contributed by atoms with Gasteiger partial charge >= 0.3 is 0 Å². The number of rotatable bonds is 8. The zero-order chi connectivity index (χ0) is 27.9. The molecule has 1 saturated carbocycles. The molecule has 0 bridgehead atoms. The van der Waals surface area contributed by atoms with Crippen LogP contribution in [0.25, 0.3) is 5.57 Å². The van der Waals surface area contributed by atoms with Gasteiger partial charge in [0.05, 0.1) is 29.8 Å². The molecular weight excluding hydrogens is 542 g/mol. The van der Waals surface area contributed by atoms with E-state index in [0.29, 0.717) is 33.7 Å². The summed E-state index contributed by atoms with van der Waals surface area (Å²) in [6, 6.07) is 5.74. The van der Waals surface area contributed by atoms with Gasteiger partial charge in [0, 0.05) is 35.9 Å². The molecule has 2 N–H and O–H groups in total. The van der Waals surface area contributed by atoms with Crippen LogP contribution < -0.4 is 14.8 Å². The monoisotopic (exact) mass is 569 g/mol. The summed E-state index contributed by atoms with van der Waals surface area (Å²) >= 11 is 6.06. The molecule has 2 aromatic rings. The molecular formula is C27H28ClN5O5S. The SMILES string of the molecule is CNC(=O)C1(CN2C=NC3CC=C(c4cnc(OC)c(NS(=O)(=O)c5ccc(Cl)c(C)c5)c4)C=C3C2=O)CC1. The third-order valence-electron chi connectivity index (χ3n) is 7.22. The molecule has 2 aliphatic carbocycles. The number of allylic oxidation sites excluding steroid dienone is 2. The predicted octanol–water partition coefficient (Wildman–Crippen LogP) is 3.33. The van der Waals surface area contributed by atoms with Crippen molar-refractivity contribution in [1.29, 1.82) is 0 Å². The fraction of sp³-hybridized carbons (Fsp3) is 0.333. The second-order valence-corrected chi connectivity index (χ2v) is 12.0. The van der Waals surface area contributed by atoms with Crippen molar-refractivity contribution in [1.82, 2.24) is 15.2 Å². The Morgan fingerprint density at radius 2 is 2.05 bits per heavy atom. The van der Waals surface area contributed by atoms with Crippen molar-refractivity contribution in [2.24, 2.45) is 10.4 Å². The summed E-state index contributed by atoms with van der Waals surface area (Å²) in [6.07, 6.45) is 8.73. The lowest BCUT2D eigenvalue weighted by molar-refractivity contribution is -0.129. The largest absolute Gasteiger partial charge is 0.480 e. The quantitative estimate of drug-likeness (QED) is 0.501. The van der Waals surface area contributed by atoms with Crippen LogP contribution in [0.5, 0.6) is 5.88 Å². The van der Waals surface area contributed by atoms with E-state index in [1.807, 2.05) is 6.08 Å². The Kier molecular flexibility index (Phi) is 6.98. The maximum Gasteiger partial charge on any atom is 0.262 e. The van der Waals surface area contributed by atoms with Crippen LogP contribution in [0.1, 0.15) is 30.4 Å². The lowest BCUT2D eigenvalue weighted by atomic mass is 9.90. The van der Waals surface area contributed by atoms with Crippen molar-refractivity contribution >= 4 is 51.0 Å². The average molecular weight is 570 g/mol. The lowest BCUT2D eigenvalue weighted by Gasteiger charge is -2.31. The number of aryl methyl sites for hydroxylation is 1. The molecule has 0 radical (unpaired) electrons. The van der Waals surface area contributed by atoms with E-state index in [9.17, 15) is 18.0 Å². The van der Waals surface area contributed by atoms with E-state index in [4.69, 9.17) is 16.3 Å². The van der Waals surface area contributed by atoms with E-state index in [1.165, 1.54) is 36.5 Å². The van der Waals surface area contributed by atoms with Gasteiger partial charge in [-0.1, -0.05) is 17.7 Å². The number of carbonyl (C=O) groups excluding carboxylic acids is 2. The minimum atomic E-state index is -3.96. The molecule has 2 heterocycles. The van der Waals surface area contributed by atoms with Gasteiger partial charge < -0.3 is 10.1 Å². The number of hydrogen-bond donors (Lipinski definition) is 2. The van der Waals surface area contributed by atoms with Crippen LogP contribution >= 0.6 is 11.6 Å². The molecule has 1 aromatic carbocycles. The number of nitrogens with one attached hydrogen (secondary N) is 2. The fourth-order valence-corrected chi connectivity index (χ4v) is 6.01. The third-order valence-corrected chi connectivity index (χ3v) is 9.01. The molecule has 1 aliphatic heterocycles. The number of amides is 2.